The Balaban J connectivity index is 1.57. The second-order valence-corrected chi connectivity index (χ2v) is 10.9. The monoisotopic (exact) mass is 510 g/mol. The van der Waals surface area contributed by atoms with E-state index in [9.17, 15) is 28.2 Å². The number of amides is 1. The molecule has 0 bridgehead atoms. The van der Waals surface area contributed by atoms with Crippen LogP contribution in [0.5, 0.6) is 0 Å². The molecular weight excluding hydrogens is 492 g/mol. The van der Waals surface area contributed by atoms with E-state index in [4.69, 9.17) is 11.6 Å². The average Bonchev–Trinajstić information content (AvgIpc) is 3.36. The van der Waals surface area contributed by atoms with Crippen LogP contribution in [0.3, 0.4) is 0 Å². The molecule has 2 N–H and O–H groups in total. The summed E-state index contributed by atoms with van der Waals surface area (Å²) in [5.41, 5.74) is 0.726. The summed E-state index contributed by atoms with van der Waals surface area (Å²) < 4.78 is 28.1. The fourth-order valence-electron chi connectivity index (χ4n) is 3.70. The number of thiophene rings is 1. The average molecular weight is 511 g/mol. The molecule has 3 aromatic rings. The molecule has 1 aliphatic heterocycles. The predicted molar refractivity (Wildman–Crippen MR) is 123 cm³/mol. The number of aromatic nitrogens is 2. The Kier molecular flexibility index (Phi) is 6.54. The summed E-state index contributed by atoms with van der Waals surface area (Å²) >= 11 is 7.07. The number of rotatable bonds is 6. The lowest BCUT2D eigenvalue weighted by molar-refractivity contribution is -0.139. The third-order valence-electron chi connectivity index (χ3n) is 5.26. The lowest BCUT2D eigenvalue weighted by Crippen LogP contribution is -2.58. The van der Waals surface area contributed by atoms with Crippen LogP contribution in [-0.4, -0.2) is 75.1 Å². The quantitative estimate of drug-likeness (QED) is 0.519. The highest BCUT2D eigenvalue weighted by Crippen LogP contribution is 2.25. The van der Waals surface area contributed by atoms with Crippen molar-refractivity contribution in [2.75, 3.05) is 19.7 Å². The number of carboxylic acid groups (broad SMARTS) is 1. The molecule has 0 aliphatic carbocycles. The second kappa shape index (κ2) is 9.23. The summed E-state index contributed by atoms with van der Waals surface area (Å²) in [6.07, 6.45) is 3.16. The van der Waals surface area contributed by atoms with Crippen LogP contribution in [0.25, 0.3) is 17.0 Å². The largest absolute Gasteiger partial charge is 0.464 e. The van der Waals surface area contributed by atoms with E-state index in [0.29, 0.717) is 25.8 Å². The molecule has 174 valence electrons. The summed E-state index contributed by atoms with van der Waals surface area (Å²) in [7, 11) is -3.94. The predicted octanol–water partition coefficient (Wildman–Crippen LogP) is 2.28. The van der Waals surface area contributed by atoms with Crippen LogP contribution in [0.4, 0.5) is 4.79 Å². The van der Waals surface area contributed by atoms with Crippen LogP contribution >= 0.6 is 22.9 Å². The molecule has 1 aliphatic rings. The molecule has 1 amide bonds. The molecule has 1 unspecified atom stereocenters. The molecule has 4 rings (SSSR count). The first-order valence-electron chi connectivity index (χ1n) is 9.71. The maximum atomic E-state index is 12.9. The van der Waals surface area contributed by atoms with Crippen LogP contribution in [0.15, 0.2) is 42.1 Å². The third kappa shape index (κ3) is 4.80. The Morgan fingerprint density at radius 1 is 1.33 bits per heavy atom. The van der Waals surface area contributed by atoms with Crippen molar-refractivity contribution in [1.82, 2.24) is 18.8 Å². The maximum Gasteiger partial charge on any atom is 0.416 e. The summed E-state index contributed by atoms with van der Waals surface area (Å²) in [4.78, 5) is 30.7. The van der Waals surface area contributed by atoms with Gasteiger partial charge in [-0.3, -0.25) is 9.78 Å². The minimum atomic E-state index is -3.94. The minimum absolute atomic E-state index is 0.109. The molecule has 1 saturated heterocycles. The number of piperazine rings is 1. The van der Waals surface area contributed by atoms with Crippen molar-refractivity contribution in [2.45, 2.75) is 12.6 Å². The first-order valence-corrected chi connectivity index (χ1v) is 12.4. The van der Waals surface area contributed by atoms with Gasteiger partial charge < -0.3 is 15.1 Å². The molecule has 0 saturated carbocycles. The highest BCUT2D eigenvalue weighted by Gasteiger charge is 2.37. The van der Waals surface area contributed by atoms with Gasteiger partial charge in [0.1, 0.15) is 0 Å². The van der Waals surface area contributed by atoms with Crippen LogP contribution in [-0.2, 0) is 21.4 Å². The van der Waals surface area contributed by atoms with E-state index in [-0.39, 0.29) is 13.1 Å². The van der Waals surface area contributed by atoms with Gasteiger partial charge in [-0.15, -0.1) is 11.3 Å². The topological polar surface area (TPSA) is 133 Å². The normalized spacial score (nSPS) is 17.9. The highest BCUT2D eigenvalue weighted by molar-refractivity contribution is 7.92. The van der Waals surface area contributed by atoms with Crippen LogP contribution in [0.2, 0.25) is 4.34 Å². The van der Waals surface area contributed by atoms with Crippen molar-refractivity contribution in [3.8, 4) is 0 Å². The number of hydrogen-bond donors (Lipinski definition) is 2. The van der Waals surface area contributed by atoms with Crippen LogP contribution in [0.1, 0.15) is 10.6 Å². The fourth-order valence-corrected chi connectivity index (χ4v) is 5.91. The second-order valence-electron chi connectivity index (χ2n) is 7.33. The Bertz CT molecular complexity index is 1350. The zero-order valence-corrected chi connectivity index (χ0v) is 19.4. The Hall–Kier alpha value is -2.77. The Morgan fingerprint density at radius 3 is 2.79 bits per heavy atom. The number of fused-ring (bicyclic) bond motifs is 1. The number of nitrogens with zero attached hydrogens (tertiary/aromatic N) is 4. The van der Waals surface area contributed by atoms with Gasteiger partial charge in [0.15, 0.2) is 0 Å². The summed E-state index contributed by atoms with van der Waals surface area (Å²) in [5.74, 6) is -0.545. The van der Waals surface area contributed by atoms with E-state index in [2.05, 4.69) is 4.98 Å². The van der Waals surface area contributed by atoms with Crippen LogP contribution in [0, 0.1) is 0 Å². The zero-order valence-electron chi connectivity index (χ0n) is 17.0. The van der Waals surface area contributed by atoms with Crippen molar-refractivity contribution >= 4 is 61.9 Å². The number of halogens is 1. The van der Waals surface area contributed by atoms with E-state index in [1.165, 1.54) is 34.7 Å². The Labute approximate surface area is 198 Å². The molecule has 4 heterocycles. The van der Waals surface area contributed by atoms with E-state index >= 15 is 0 Å². The molecule has 0 radical (unpaired) electrons. The first kappa shape index (κ1) is 23.4. The van der Waals surface area contributed by atoms with E-state index < -0.39 is 41.2 Å². The van der Waals surface area contributed by atoms with Gasteiger partial charge in [-0.1, -0.05) is 11.6 Å². The van der Waals surface area contributed by atoms with Gasteiger partial charge in [0.25, 0.3) is 0 Å². The molecule has 1 atom stereocenters. The number of aliphatic hydroxyl groups excluding tert-OH is 1. The van der Waals surface area contributed by atoms with E-state index in [1.807, 2.05) is 0 Å². The van der Waals surface area contributed by atoms with E-state index in [0.717, 1.165) is 14.3 Å². The van der Waals surface area contributed by atoms with E-state index in [1.54, 1.807) is 24.3 Å². The molecule has 0 aromatic carbocycles. The van der Waals surface area contributed by atoms with Gasteiger partial charge in [0, 0.05) is 40.3 Å². The summed E-state index contributed by atoms with van der Waals surface area (Å²) in [6.45, 7) is -1.16. The van der Waals surface area contributed by atoms with Crippen molar-refractivity contribution < 1.29 is 28.2 Å². The molecule has 0 spiro atoms. The molecular formula is C20H19ClN4O6S2. The lowest BCUT2D eigenvalue weighted by atomic mass is 10.2. The number of aliphatic hydroxyl groups is 1. The van der Waals surface area contributed by atoms with Crippen molar-refractivity contribution in [1.29, 1.82) is 0 Å². The zero-order chi connectivity index (χ0) is 23.8. The van der Waals surface area contributed by atoms with Gasteiger partial charge in [0.05, 0.1) is 35.6 Å². The third-order valence-corrected chi connectivity index (χ3v) is 7.93. The number of hydrogen-bond acceptors (Lipinski definition) is 7. The molecule has 3 aromatic heterocycles. The number of carbonyl (C=O) groups is 2. The fraction of sp³-hybridized carbons (Fsp3) is 0.250. The number of carbonyl (C=O) groups excluding carboxylic acids is 1. The molecule has 10 nitrogen and oxygen atoms in total. The van der Waals surface area contributed by atoms with Gasteiger partial charge in [-0.2, -0.15) is 4.31 Å². The van der Waals surface area contributed by atoms with Crippen molar-refractivity contribution in [2.24, 2.45) is 0 Å². The molecule has 13 heteroatoms. The maximum absolute atomic E-state index is 12.9. The van der Waals surface area contributed by atoms with Crippen molar-refractivity contribution in [3.05, 3.63) is 57.0 Å². The van der Waals surface area contributed by atoms with Crippen LogP contribution < -0.4 is 0 Å². The number of sulfonamides is 1. The smallest absolute Gasteiger partial charge is 0.416 e. The van der Waals surface area contributed by atoms with Crippen molar-refractivity contribution in [3.63, 3.8) is 0 Å². The standard InChI is InChI=1S/C20H19ClN4O6S2/c21-18-2-1-16(32-18)4-6-33(30,31)23-9-15(12-26)24(19(27)11-23)10-14-7-13-8-22-5-3-17(13)25(14)20(28)29/h1-8,15,26H,9-12H2,(H,28,29). The summed E-state index contributed by atoms with van der Waals surface area (Å²) in [6, 6.07) is 5.64. The first-order chi connectivity index (χ1) is 15.7. The van der Waals surface area contributed by atoms with Gasteiger partial charge >= 0.3 is 6.09 Å². The lowest BCUT2D eigenvalue weighted by Gasteiger charge is -2.39. The SMILES string of the molecule is O=C1CN(S(=O)(=O)C=Cc2ccc(Cl)s2)CC(CO)N1Cc1cc2cnccc2n1C(=O)O. The Morgan fingerprint density at radius 2 is 2.12 bits per heavy atom. The highest BCUT2D eigenvalue weighted by atomic mass is 35.5. The summed E-state index contributed by atoms with van der Waals surface area (Å²) in [5, 5.41) is 21.1. The number of pyridine rings is 1. The molecule has 33 heavy (non-hydrogen) atoms. The minimum Gasteiger partial charge on any atom is -0.464 e. The van der Waals surface area contributed by atoms with Gasteiger partial charge in [-0.05, 0) is 30.3 Å². The van der Waals surface area contributed by atoms with Gasteiger partial charge in [0.2, 0.25) is 15.9 Å². The molecule has 1 fully saturated rings. The van der Waals surface area contributed by atoms with Gasteiger partial charge in [-0.25, -0.2) is 17.8 Å².